The number of nitroso groups, excluding NO2 is 1. The van der Waals surface area contributed by atoms with Crippen molar-refractivity contribution in [2.45, 2.75) is 56.9 Å². The molecular weight excluding hydrogens is 364 g/mol. The third-order valence-electron chi connectivity index (χ3n) is 5.11. The smallest absolute Gasteiger partial charge is 0.206 e. The number of hydrogen-bond donors (Lipinski definition) is 2. The molecule has 0 saturated heterocycles. The first-order valence-corrected chi connectivity index (χ1v) is 10.2. The van der Waals surface area contributed by atoms with Gasteiger partial charge in [0, 0.05) is 22.9 Å². The van der Waals surface area contributed by atoms with E-state index in [1.807, 2.05) is 4.68 Å². The van der Waals surface area contributed by atoms with Crippen molar-refractivity contribution in [2.24, 2.45) is 15.3 Å². The number of hydrogen-bond acceptors (Lipinski definition) is 7. The fourth-order valence-electron chi connectivity index (χ4n) is 3.42. The van der Waals surface area contributed by atoms with E-state index >= 15 is 0 Å². The van der Waals surface area contributed by atoms with Crippen molar-refractivity contribution in [2.75, 3.05) is 0 Å². The number of aromatic hydroxyl groups is 2. The Morgan fingerprint density at radius 2 is 1.85 bits per heavy atom. The third kappa shape index (κ3) is 3.95. The van der Waals surface area contributed by atoms with Gasteiger partial charge in [-0.3, -0.25) is 4.99 Å². The zero-order chi connectivity index (χ0) is 18.8. The summed E-state index contributed by atoms with van der Waals surface area (Å²) in [7, 11) is 0. The second-order valence-corrected chi connectivity index (χ2v) is 8.02. The first-order valence-electron chi connectivity index (χ1n) is 9.33. The summed E-state index contributed by atoms with van der Waals surface area (Å²) in [6.45, 7) is 0. The van der Waals surface area contributed by atoms with E-state index in [1.54, 1.807) is 11.3 Å². The van der Waals surface area contributed by atoms with Crippen LogP contribution < -0.4 is 4.80 Å². The minimum absolute atomic E-state index is 0.126. The molecule has 2 N–H and O–H groups in total. The normalized spacial score (nSPS) is 19.0. The van der Waals surface area contributed by atoms with Crippen LogP contribution in [0.5, 0.6) is 11.5 Å². The van der Waals surface area contributed by atoms with Gasteiger partial charge in [0.25, 0.3) is 0 Å². The van der Waals surface area contributed by atoms with Crippen LogP contribution in [0.4, 0.5) is 5.69 Å². The molecule has 1 aromatic carbocycles. The van der Waals surface area contributed by atoms with Crippen molar-refractivity contribution in [3.63, 3.8) is 0 Å². The number of thiazole rings is 1. The lowest BCUT2D eigenvalue weighted by atomic mass is 9.96. The van der Waals surface area contributed by atoms with Crippen LogP contribution in [0.15, 0.2) is 32.8 Å². The third-order valence-corrected chi connectivity index (χ3v) is 5.96. The minimum atomic E-state index is -0.352. The van der Waals surface area contributed by atoms with Gasteiger partial charge in [0.05, 0.1) is 18.0 Å². The summed E-state index contributed by atoms with van der Waals surface area (Å²) >= 11 is 1.60. The van der Waals surface area contributed by atoms with Gasteiger partial charge in [-0.2, -0.15) is 5.10 Å². The van der Waals surface area contributed by atoms with E-state index < -0.39 is 0 Å². The monoisotopic (exact) mass is 386 g/mol. The molecule has 0 bridgehead atoms. The van der Waals surface area contributed by atoms with Crippen molar-refractivity contribution in [3.05, 3.63) is 38.5 Å². The van der Waals surface area contributed by atoms with E-state index in [0.717, 1.165) is 42.2 Å². The highest BCUT2D eigenvalue weighted by molar-refractivity contribution is 7.07. The number of benzene rings is 1. The lowest BCUT2D eigenvalue weighted by Gasteiger charge is -2.16. The SMILES string of the molecule is O=Nc1cc(/C=N/n2c(C3CC3)csc2=NC2CCCCC2)c(O)cc1O. The predicted octanol–water partition coefficient (Wildman–Crippen LogP) is 4.35. The molecule has 2 saturated carbocycles. The summed E-state index contributed by atoms with van der Waals surface area (Å²) in [5.41, 5.74) is 1.34. The van der Waals surface area contributed by atoms with Gasteiger partial charge in [0.15, 0.2) is 5.69 Å². The topological polar surface area (TPSA) is 99.5 Å². The van der Waals surface area contributed by atoms with Crippen molar-refractivity contribution >= 4 is 23.2 Å². The van der Waals surface area contributed by atoms with Gasteiger partial charge in [0.1, 0.15) is 11.5 Å². The number of phenols is 2. The standard InChI is InChI=1S/C19H22N4O3S/c24-17-9-18(25)15(22-26)8-13(17)10-20-23-16(12-6-7-12)11-27-19(23)21-14-4-2-1-3-5-14/h8-12,14,24-25H,1-7H2/b20-10+,21-19?. The fraction of sp³-hybridized carbons (Fsp3) is 0.474. The van der Waals surface area contributed by atoms with Gasteiger partial charge in [-0.25, -0.2) is 4.68 Å². The molecule has 0 aliphatic heterocycles. The first kappa shape index (κ1) is 17.9. The molecule has 1 aromatic heterocycles. The summed E-state index contributed by atoms with van der Waals surface area (Å²) < 4.78 is 1.86. The Morgan fingerprint density at radius 3 is 2.56 bits per heavy atom. The van der Waals surface area contributed by atoms with Gasteiger partial charge in [-0.05, 0) is 36.9 Å². The van der Waals surface area contributed by atoms with Crippen LogP contribution >= 0.6 is 11.3 Å². The zero-order valence-corrected chi connectivity index (χ0v) is 15.7. The highest BCUT2D eigenvalue weighted by Gasteiger charge is 2.28. The molecule has 2 aliphatic carbocycles. The predicted molar refractivity (Wildman–Crippen MR) is 105 cm³/mol. The zero-order valence-electron chi connectivity index (χ0n) is 14.9. The maximum atomic E-state index is 10.8. The first-order chi connectivity index (χ1) is 13.2. The largest absolute Gasteiger partial charge is 0.507 e. The molecular formula is C19H22N4O3S. The minimum Gasteiger partial charge on any atom is -0.507 e. The van der Waals surface area contributed by atoms with Crippen LogP contribution in [-0.2, 0) is 0 Å². The lowest BCUT2D eigenvalue weighted by Crippen LogP contribution is -2.19. The molecule has 0 spiro atoms. The number of aromatic nitrogens is 1. The van der Waals surface area contributed by atoms with Crippen LogP contribution in [-0.4, -0.2) is 27.1 Å². The highest BCUT2D eigenvalue weighted by Crippen LogP contribution is 2.40. The van der Waals surface area contributed by atoms with Crippen molar-refractivity contribution < 1.29 is 10.2 Å². The van der Waals surface area contributed by atoms with Crippen LogP contribution in [0.25, 0.3) is 0 Å². The Hall–Kier alpha value is -2.48. The van der Waals surface area contributed by atoms with Gasteiger partial charge in [-0.15, -0.1) is 16.2 Å². The number of rotatable bonds is 5. The number of nitrogens with zero attached hydrogens (tertiary/aromatic N) is 4. The summed E-state index contributed by atoms with van der Waals surface area (Å²) in [5, 5.41) is 29.1. The average molecular weight is 386 g/mol. The lowest BCUT2D eigenvalue weighted by molar-refractivity contribution is 0.435. The van der Waals surface area contributed by atoms with Crippen LogP contribution in [0.2, 0.25) is 0 Å². The number of phenolic OH excluding ortho intramolecular Hbond substituents is 2. The molecule has 0 atom stereocenters. The van der Waals surface area contributed by atoms with E-state index in [1.165, 1.54) is 31.5 Å². The Bertz CT molecular complexity index is 937. The molecule has 142 valence electrons. The average Bonchev–Trinajstić information content (AvgIpc) is 3.44. The van der Waals surface area contributed by atoms with Crippen molar-refractivity contribution in [1.29, 1.82) is 0 Å². The van der Waals surface area contributed by atoms with E-state index in [9.17, 15) is 15.1 Å². The van der Waals surface area contributed by atoms with Crippen LogP contribution in [0, 0.1) is 4.91 Å². The van der Waals surface area contributed by atoms with E-state index in [4.69, 9.17) is 4.99 Å². The molecule has 2 aliphatic rings. The van der Waals surface area contributed by atoms with Gasteiger partial charge >= 0.3 is 0 Å². The molecule has 0 unspecified atom stereocenters. The van der Waals surface area contributed by atoms with E-state index in [2.05, 4.69) is 15.7 Å². The molecule has 2 fully saturated rings. The molecule has 7 nitrogen and oxygen atoms in total. The van der Waals surface area contributed by atoms with Crippen molar-refractivity contribution in [3.8, 4) is 11.5 Å². The quantitative estimate of drug-likeness (QED) is 0.590. The van der Waals surface area contributed by atoms with Gasteiger partial charge in [0.2, 0.25) is 4.80 Å². The summed E-state index contributed by atoms with van der Waals surface area (Å²) in [6.07, 6.45) is 9.76. The molecule has 4 rings (SSSR count). The molecule has 0 amide bonds. The Balaban J connectivity index is 1.70. The van der Waals surface area contributed by atoms with Crippen LogP contribution in [0.1, 0.15) is 62.1 Å². The molecule has 27 heavy (non-hydrogen) atoms. The van der Waals surface area contributed by atoms with E-state index in [-0.39, 0.29) is 17.2 Å². The Labute approximate surface area is 160 Å². The molecule has 8 heteroatoms. The Kier molecular flexibility index (Phi) is 5.07. The summed E-state index contributed by atoms with van der Waals surface area (Å²) in [6, 6.07) is 2.77. The molecule has 2 aromatic rings. The van der Waals surface area contributed by atoms with E-state index in [0.29, 0.717) is 17.5 Å². The summed E-state index contributed by atoms with van der Waals surface area (Å²) in [4.78, 5) is 16.6. The van der Waals surface area contributed by atoms with Crippen molar-refractivity contribution in [1.82, 2.24) is 4.68 Å². The second kappa shape index (κ2) is 7.64. The van der Waals surface area contributed by atoms with Gasteiger partial charge in [-0.1, -0.05) is 19.3 Å². The maximum Gasteiger partial charge on any atom is 0.206 e. The summed E-state index contributed by atoms with van der Waals surface area (Å²) in [5.74, 6) is 0.00189. The van der Waals surface area contributed by atoms with Gasteiger partial charge < -0.3 is 10.2 Å². The maximum absolute atomic E-state index is 10.8. The highest BCUT2D eigenvalue weighted by atomic mass is 32.1. The van der Waals surface area contributed by atoms with Crippen LogP contribution in [0.3, 0.4) is 0 Å². The Morgan fingerprint density at radius 1 is 1.07 bits per heavy atom. The molecule has 1 heterocycles. The second-order valence-electron chi connectivity index (χ2n) is 7.19. The fourth-order valence-corrected chi connectivity index (χ4v) is 4.40. The molecule has 0 radical (unpaired) electrons.